The highest BCUT2D eigenvalue weighted by Crippen LogP contribution is 2.21. The first-order chi connectivity index (χ1) is 11.1. The van der Waals surface area contributed by atoms with Crippen LogP contribution in [0.5, 0.6) is 0 Å². The lowest BCUT2D eigenvalue weighted by Gasteiger charge is -2.11. The predicted molar refractivity (Wildman–Crippen MR) is 94.5 cm³/mol. The molecule has 0 saturated heterocycles. The molecule has 1 aromatic carbocycles. The molecule has 5 heteroatoms. The van der Waals surface area contributed by atoms with E-state index < -0.39 is 0 Å². The number of nitrogens with zero attached hydrogens (tertiary/aromatic N) is 3. The highest BCUT2D eigenvalue weighted by atomic mass is 35.5. The first-order valence-corrected chi connectivity index (χ1v) is 8.23. The average molecular weight is 329 g/mol. The molecule has 3 aromatic rings. The van der Waals surface area contributed by atoms with Gasteiger partial charge in [0.15, 0.2) is 5.65 Å². The molecule has 0 bridgehead atoms. The Hall–Kier alpha value is -1.91. The summed E-state index contributed by atoms with van der Waals surface area (Å²) < 4.78 is 2.18. The molecule has 4 nitrogen and oxygen atoms in total. The third-order valence-electron chi connectivity index (χ3n) is 3.82. The van der Waals surface area contributed by atoms with Crippen molar-refractivity contribution in [1.29, 1.82) is 0 Å². The Morgan fingerprint density at radius 2 is 1.87 bits per heavy atom. The van der Waals surface area contributed by atoms with Crippen LogP contribution in [0.3, 0.4) is 0 Å². The van der Waals surface area contributed by atoms with Gasteiger partial charge in [0.25, 0.3) is 0 Å². The highest BCUT2D eigenvalue weighted by molar-refractivity contribution is 6.31. The molecule has 0 spiro atoms. The fraction of sp³-hybridized carbons (Fsp3) is 0.333. The molecular weight excluding hydrogens is 308 g/mol. The number of aromatic nitrogens is 3. The lowest BCUT2D eigenvalue weighted by atomic mass is 10.1. The van der Waals surface area contributed by atoms with Crippen LogP contribution >= 0.6 is 11.6 Å². The van der Waals surface area contributed by atoms with Gasteiger partial charge in [-0.1, -0.05) is 49.7 Å². The summed E-state index contributed by atoms with van der Waals surface area (Å²) in [4.78, 5) is 9.23. The number of nitrogens with two attached hydrogens (primary N) is 1. The Morgan fingerprint density at radius 1 is 1.17 bits per heavy atom. The van der Waals surface area contributed by atoms with Crippen molar-refractivity contribution in [2.24, 2.45) is 11.7 Å². The number of halogens is 1. The maximum atomic E-state index is 6.06. The van der Waals surface area contributed by atoms with Gasteiger partial charge in [0.2, 0.25) is 0 Å². The molecule has 0 aliphatic rings. The summed E-state index contributed by atoms with van der Waals surface area (Å²) in [5, 5.41) is 0.616. The minimum Gasteiger partial charge on any atom is -0.326 e. The van der Waals surface area contributed by atoms with Gasteiger partial charge in [-0.25, -0.2) is 9.97 Å². The Labute approximate surface area is 141 Å². The van der Waals surface area contributed by atoms with Crippen LogP contribution in [0.4, 0.5) is 0 Å². The van der Waals surface area contributed by atoms with Crippen LogP contribution in [0, 0.1) is 5.92 Å². The summed E-state index contributed by atoms with van der Waals surface area (Å²) in [7, 11) is 0. The van der Waals surface area contributed by atoms with Crippen molar-refractivity contribution in [3.8, 4) is 0 Å². The molecule has 0 amide bonds. The smallest absolute Gasteiger partial charge is 0.160 e. The molecule has 2 heterocycles. The molecule has 2 aromatic heterocycles. The van der Waals surface area contributed by atoms with Gasteiger partial charge in [-0.2, -0.15) is 0 Å². The van der Waals surface area contributed by atoms with Gasteiger partial charge in [-0.15, -0.1) is 0 Å². The Bertz CT molecular complexity index is 806. The lowest BCUT2D eigenvalue weighted by Crippen LogP contribution is -2.08. The zero-order chi connectivity index (χ0) is 16.4. The van der Waals surface area contributed by atoms with E-state index in [9.17, 15) is 0 Å². The average Bonchev–Trinajstić information content (AvgIpc) is 2.84. The van der Waals surface area contributed by atoms with Crippen LogP contribution in [-0.2, 0) is 19.5 Å². The highest BCUT2D eigenvalue weighted by Gasteiger charge is 2.14. The van der Waals surface area contributed by atoms with Crippen molar-refractivity contribution >= 4 is 22.8 Å². The summed E-state index contributed by atoms with van der Waals surface area (Å²) in [5.41, 5.74) is 9.75. The Kier molecular flexibility index (Phi) is 4.64. The molecule has 120 valence electrons. The number of pyridine rings is 1. The van der Waals surface area contributed by atoms with Gasteiger partial charge in [0, 0.05) is 19.2 Å². The topological polar surface area (TPSA) is 56.7 Å². The normalized spacial score (nSPS) is 11.5. The third-order valence-corrected chi connectivity index (χ3v) is 4.03. The zero-order valence-corrected chi connectivity index (χ0v) is 14.2. The number of imidazole rings is 1. The van der Waals surface area contributed by atoms with Crippen molar-refractivity contribution in [3.05, 3.63) is 58.5 Å². The number of hydrogen-bond acceptors (Lipinski definition) is 3. The van der Waals surface area contributed by atoms with E-state index in [0.29, 0.717) is 17.5 Å². The molecule has 0 unspecified atom stereocenters. The summed E-state index contributed by atoms with van der Waals surface area (Å²) in [6.45, 7) is 5.70. The largest absolute Gasteiger partial charge is 0.326 e. The van der Waals surface area contributed by atoms with E-state index in [0.717, 1.165) is 35.5 Å². The molecule has 0 aliphatic carbocycles. The van der Waals surface area contributed by atoms with Crippen LogP contribution in [0.2, 0.25) is 5.02 Å². The summed E-state index contributed by atoms with van der Waals surface area (Å²) in [6, 6.07) is 10.2. The van der Waals surface area contributed by atoms with E-state index in [1.807, 2.05) is 6.07 Å². The molecule has 0 radical (unpaired) electrons. The maximum absolute atomic E-state index is 6.06. The lowest BCUT2D eigenvalue weighted by molar-refractivity contribution is 0.594. The minimum absolute atomic E-state index is 0.528. The minimum atomic E-state index is 0.528. The molecule has 3 rings (SSSR count). The first-order valence-electron chi connectivity index (χ1n) is 7.85. The van der Waals surface area contributed by atoms with E-state index in [4.69, 9.17) is 22.3 Å². The standard InChI is InChI=1S/C18H21ClN4/c1-12(2)7-17-22-16-8-15(19)10-21-18(16)23(17)11-14-5-3-13(9-20)4-6-14/h3-6,8,10,12H,7,9,11,20H2,1-2H3. The fourth-order valence-corrected chi connectivity index (χ4v) is 2.84. The van der Waals surface area contributed by atoms with E-state index in [1.54, 1.807) is 6.20 Å². The van der Waals surface area contributed by atoms with Crippen molar-refractivity contribution < 1.29 is 0 Å². The number of hydrogen-bond donors (Lipinski definition) is 1. The number of rotatable bonds is 5. The molecule has 23 heavy (non-hydrogen) atoms. The van der Waals surface area contributed by atoms with Crippen molar-refractivity contribution in [1.82, 2.24) is 14.5 Å². The Morgan fingerprint density at radius 3 is 2.52 bits per heavy atom. The maximum Gasteiger partial charge on any atom is 0.160 e. The fourth-order valence-electron chi connectivity index (χ4n) is 2.68. The molecule has 2 N–H and O–H groups in total. The van der Waals surface area contributed by atoms with Gasteiger partial charge in [-0.3, -0.25) is 0 Å². The first kappa shape index (κ1) is 16.0. The van der Waals surface area contributed by atoms with Crippen LogP contribution in [0.25, 0.3) is 11.2 Å². The monoisotopic (exact) mass is 328 g/mol. The molecule has 0 fully saturated rings. The Balaban J connectivity index is 2.02. The van der Waals surface area contributed by atoms with Gasteiger partial charge >= 0.3 is 0 Å². The van der Waals surface area contributed by atoms with E-state index in [2.05, 4.69) is 47.7 Å². The van der Waals surface area contributed by atoms with Crippen LogP contribution < -0.4 is 5.73 Å². The predicted octanol–water partition coefficient (Wildman–Crippen LogP) is 3.79. The molecule has 0 aliphatic heterocycles. The SMILES string of the molecule is CC(C)Cc1nc2cc(Cl)cnc2n1Cc1ccc(CN)cc1. The van der Waals surface area contributed by atoms with Gasteiger partial charge in [0.05, 0.1) is 11.6 Å². The second-order valence-electron chi connectivity index (χ2n) is 6.23. The number of benzene rings is 1. The van der Waals surface area contributed by atoms with Crippen molar-refractivity contribution in [3.63, 3.8) is 0 Å². The number of fused-ring (bicyclic) bond motifs is 1. The van der Waals surface area contributed by atoms with Gasteiger partial charge in [0.1, 0.15) is 11.3 Å². The van der Waals surface area contributed by atoms with Crippen molar-refractivity contribution in [2.75, 3.05) is 0 Å². The van der Waals surface area contributed by atoms with E-state index in [-0.39, 0.29) is 0 Å². The quantitative estimate of drug-likeness (QED) is 0.775. The van der Waals surface area contributed by atoms with Gasteiger partial charge in [-0.05, 0) is 23.1 Å². The van der Waals surface area contributed by atoms with Crippen LogP contribution in [0.15, 0.2) is 36.5 Å². The summed E-state index contributed by atoms with van der Waals surface area (Å²) >= 11 is 6.06. The van der Waals surface area contributed by atoms with E-state index in [1.165, 1.54) is 5.56 Å². The van der Waals surface area contributed by atoms with Crippen LogP contribution in [-0.4, -0.2) is 14.5 Å². The van der Waals surface area contributed by atoms with Gasteiger partial charge < -0.3 is 10.3 Å². The van der Waals surface area contributed by atoms with Crippen LogP contribution in [0.1, 0.15) is 30.8 Å². The summed E-state index contributed by atoms with van der Waals surface area (Å²) in [6.07, 6.45) is 2.59. The second-order valence-corrected chi connectivity index (χ2v) is 6.67. The summed E-state index contributed by atoms with van der Waals surface area (Å²) in [5.74, 6) is 1.58. The third kappa shape index (κ3) is 3.54. The molecule has 0 saturated carbocycles. The molecular formula is C18H21ClN4. The van der Waals surface area contributed by atoms with E-state index >= 15 is 0 Å². The zero-order valence-electron chi connectivity index (χ0n) is 13.5. The molecule has 0 atom stereocenters. The van der Waals surface area contributed by atoms with Crippen molar-refractivity contribution in [2.45, 2.75) is 33.4 Å². The second kappa shape index (κ2) is 6.69.